The first-order valence-electron chi connectivity index (χ1n) is 9.75. The number of fused-ring (bicyclic) bond motifs is 1. The van der Waals surface area contributed by atoms with E-state index in [1.54, 1.807) is 12.1 Å². The fourth-order valence-corrected chi connectivity index (χ4v) is 4.54. The van der Waals surface area contributed by atoms with Crippen LogP contribution in [0.2, 0.25) is 5.02 Å². The molecule has 0 spiro atoms. The Morgan fingerprint density at radius 3 is 2.03 bits per heavy atom. The average Bonchev–Trinajstić information content (AvgIpc) is 3.22. The maximum atomic E-state index is 13.4. The van der Waals surface area contributed by atoms with Crippen LogP contribution in [0.15, 0.2) is 48.5 Å². The molecule has 3 aliphatic rings. The van der Waals surface area contributed by atoms with Gasteiger partial charge >= 0.3 is 0 Å². The molecule has 2 N–H and O–H groups in total. The second-order valence-electron chi connectivity index (χ2n) is 7.98. The minimum atomic E-state index is -0.597. The third-order valence-corrected chi connectivity index (χ3v) is 5.93. The van der Waals surface area contributed by atoms with E-state index in [9.17, 15) is 14.0 Å². The molecule has 2 aromatic carbocycles. The normalized spacial score (nSPS) is 23.9. The lowest BCUT2D eigenvalue weighted by Crippen LogP contribution is -2.65. The number of halogens is 2. The van der Waals surface area contributed by atoms with Crippen LogP contribution in [-0.4, -0.2) is 36.1 Å². The van der Waals surface area contributed by atoms with Crippen molar-refractivity contribution in [2.75, 3.05) is 13.2 Å². The van der Waals surface area contributed by atoms with Crippen LogP contribution < -0.4 is 20.1 Å². The molecule has 0 aliphatic heterocycles. The fraction of sp³-hybridized carbons (Fsp3) is 0.364. The number of rotatable bonds is 8. The van der Waals surface area contributed by atoms with Crippen molar-refractivity contribution in [3.63, 3.8) is 0 Å². The van der Waals surface area contributed by atoms with E-state index in [0.29, 0.717) is 18.6 Å². The summed E-state index contributed by atoms with van der Waals surface area (Å²) < 4.78 is 24.3. The van der Waals surface area contributed by atoms with Crippen molar-refractivity contribution in [3.05, 3.63) is 59.4 Å². The van der Waals surface area contributed by atoms with Crippen LogP contribution in [0, 0.1) is 5.82 Å². The SMILES string of the molecule is O=C(COc1ccccc1)NC12CCC(NC(=O)COc3ccc(Cl)c(F)c3)(C1)C2. The quantitative estimate of drug-likeness (QED) is 0.671. The molecule has 0 heterocycles. The number of hydrogen-bond acceptors (Lipinski definition) is 4. The lowest BCUT2D eigenvalue weighted by Gasteiger charge is -2.48. The molecule has 8 heteroatoms. The van der Waals surface area contributed by atoms with Crippen LogP contribution >= 0.6 is 11.6 Å². The van der Waals surface area contributed by atoms with E-state index >= 15 is 0 Å². The first kappa shape index (κ1) is 20.5. The monoisotopic (exact) mass is 432 g/mol. The Balaban J connectivity index is 1.21. The van der Waals surface area contributed by atoms with Crippen LogP contribution in [0.3, 0.4) is 0 Å². The second-order valence-corrected chi connectivity index (χ2v) is 8.38. The van der Waals surface area contributed by atoms with Gasteiger partial charge in [-0.2, -0.15) is 0 Å². The van der Waals surface area contributed by atoms with Crippen LogP contribution in [0.5, 0.6) is 11.5 Å². The number of amides is 2. The van der Waals surface area contributed by atoms with Crippen LogP contribution in [0.25, 0.3) is 0 Å². The zero-order valence-electron chi connectivity index (χ0n) is 16.3. The molecule has 3 saturated carbocycles. The molecule has 2 bridgehead atoms. The zero-order chi connectivity index (χ0) is 21.2. The minimum absolute atomic E-state index is 0.00123. The predicted molar refractivity (Wildman–Crippen MR) is 109 cm³/mol. The van der Waals surface area contributed by atoms with Crippen LogP contribution in [0.4, 0.5) is 4.39 Å². The number of hydrogen-bond donors (Lipinski definition) is 2. The Kier molecular flexibility index (Phi) is 5.56. The molecule has 0 saturated heterocycles. The summed E-state index contributed by atoms with van der Waals surface area (Å²) in [6, 6.07) is 13.2. The summed E-state index contributed by atoms with van der Waals surface area (Å²) in [6.07, 6.45) is 2.94. The first-order chi connectivity index (χ1) is 14.4. The predicted octanol–water partition coefficient (Wildman–Crippen LogP) is 3.23. The third-order valence-electron chi connectivity index (χ3n) is 5.62. The number of carbonyl (C=O) groups is 2. The summed E-state index contributed by atoms with van der Waals surface area (Å²) in [4.78, 5) is 24.5. The van der Waals surface area contributed by atoms with Gasteiger partial charge in [-0.05, 0) is 49.9 Å². The number of benzene rings is 2. The van der Waals surface area contributed by atoms with Gasteiger partial charge in [0.1, 0.15) is 17.3 Å². The molecule has 5 rings (SSSR count). The van der Waals surface area contributed by atoms with E-state index in [-0.39, 0.29) is 46.9 Å². The third kappa shape index (κ3) is 4.51. The van der Waals surface area contributed by atoms with Gasteiger partial charge in [0, 0.05) is 17.1 Å². The molecule has 30 heavy (non-hydrogen) atoms. The lowest BCUT2D eigenvalue weighted by molar-refractivity contribution is -0.128. The Labute approximate surface area is 178 Å². The summed E-state index contributed by atoms with van der Waals surface area (Å²) in [5, 5.41) is 6.06. The maximum absolute atomic E-state index is 13.4. The number of nitrogens with one attached hydrogen (secondary N) is 2. The van der Waals surface area contributed by atoms with E-state index < -0.39 is 5.82 Å². The summed E-state index contributed by atoms with van der Waals surface area (Å²) in [7, 11) is 0. The van der Waals surface area contributed by atoms with Crippen molar-refractivity contribution in [2.45, 2.75) is 36.8 Å². The van der Waals surface area contributed by atoms with Gasteiger partial charge in [-0.25, -0.2) is 4.39 Å². The molecule has 0 radical (unpaired) electrons. The van der Waals surface area contributed by atoms with Crippen LogP contribution in [-0.2, 0) is 9.59 Å². The van der Waals surface area contributed by atoms with Gasteiger partial charge in [0.25, 0.3) is 11.8 Å². The largest absolute Gasteiger partial charge is 0.484 e. The van der Waals surface area contributed by atoms with E-state index in [4.69, 9.17) is 21.1 Å². The van der Waals surface area contributed by atoms with Gasteiger partial charge in [-0.15, -0.1) is 0 Å². The molecule has 0 unspecified atom stereocenters. The molecule has 0 aromatic heterocycles. The maximum Gasteiger partial charge on any atom is 0.258 e. The molecule has 3 fully saturated rings. The molecule has 158 valence electrons. The van der Waals surface area contributed by atoms with Gasteiger partial charge in [0.15, 0.2) is 13.2 Å². The van der Waals surface area contributed by atoms with Crippen molar-refractivity contribution < 1.29 is 23.5 Å². The molecule has 0 atom stereocenters. The lowest BCUT2D eigenvalue weighted by atomic mass is 9.71. The molecular weight excluding hydrogens is 411 g/mol. The number of carbonyl (C=O) groups excluding carboxylic acids is 2. The topological polar surface area (TPSA) is 76.7 Å². The van der Waals surface area contributed by atoms with Crippen molar-refractivity contribution >= 4 is 23.4 Å². The van der Waals surface area contributed by atoms with Gasteiger partial charge in [-0.3, -0.25) is 9.59 Å². The number of para-hydroxylation sites is 1. The van der Waals surface area contributed by atoms with E-state index in [1.165, 1.54) is 12.1 Å². The zero-order valence-corrected chi connectivity index (χ0v) is 17.0. The highest BCUT2D eigenvalue weighted by Crippen LogP contribution is 2.55. The van der Waals surface area contributed by atoms with Crippen LogP contribution in [0.1, 0.15) is 25.7 Å². The highest BCUT2D eigenvalue weighted by atomic mass is 35.5. The van der Waals surface area contributed by atoms with Gasteiger partial charge < -0.3 is 20.1 Å². The second kappa shape index (κ2) is 8.14. The highest BCUT2D eigenvalue weighted by molar-refractivity contribution is 6.30. The van der Waals surface area contributed by atoms with E-state index in [0.717, 1.165) is 18.9 Å². The highest BCUT2D eigenvalue weighted by Gasteiger charge is 2.62. The summed E-state index contributed by atoms with van der Waals surface area (Å²) >= 11 is 5.63. The molecular formula is C22H22ClFN2O4. The van der Waals surface area contributed by atoms with Gasteiger partial charge in [-0.1, -0.05) is 29.8 Å². The van der Waals surface area contributed by atoms with Gasteiger partial charge in [0.05, 0.1) is 5.02 Å². The minimum Gasteiger partial charge on any atom is -0.484 e. The van der Waals surface area contributed by atoms with Crippen molar-refractivity contribution in [1.82, 2.24) is 10.6 Å². The average molecular weight is 433 g/mol. The van der Waals surface area contributed by atoms with Crippen molar-refractivity contribution in [2.24, 2.45) is 0 Å². The first-order valence-corrected chi connectivity index (χ1v) is 10.1. The Hall–Kier alpha value is -2.80. The van der Waals surface area contributed by atoms with Gasteiger partial charge in [0.2, 0.25) is 0 Å². The van der Waals surface area contributed by atoms with E-state index in [1.807, 2.05) is 18.2 Å². The fourth-order valence-electron chi connectivity index (χ4n) is 4.42. The smallest absolute Gasteiger partial charge is 0.258 e. The summed E-state index contributed by atoms with van der Waals surface area (Å²) in [5.41, 5.74) is -0.607. The Morgan fingerprint density at radius 1 is 0.900 bits per heavy atom. The molecule has 6 nitrogen and oxygen atoms in total. The standard InChI is InChI=1S/C22H22ClFN2O4/c23-17-7-6-16(10-18(17)24)30-12-20(28)26-22-9-8-21(13-22,14-22)25-19(27)11-29-15-4-2-1-3-5-15/h1-7,10H,8-9,11-14H2,(H,25,27)(H,26,28). The van der Waals surface area contributed by atoms with Crippen molar-refractivity contribution in [3.8, 4) is 11.5 Å². The Morgan fingerprint density at radius 2 is 1.47 bits per heavy atom. The van der Waals surface area contributed by atoms with Crippen molar-refractivity contribution in [1.29, 1.82) is 0 Å². The summed E-state index contributed by atoms with van der Waals surface area (Å²) in [6.45, 7) is -0.260. The summed E-state index contributed by atoms with van der Waals surface area (Å²) in [5.74, 6) is -0.162. The number of ether oxygens (including phenoxy) is 2. The Bertz CT molecular complexity index is 947. The molecule has 2 aromatic rings. The van der Waals surface area contributed by atoms with E-state index in [2.05, 4.69) is 10.6 Å². The molecule has 2 amide bonds. The molecule has 3 aliphatic carbocycles.